The molecule has 152 valence electrons. The van der Waals surface area contributed by atoms with Crippen molar-refractivity contribution in [2.45, 2.75) is 52.5 Å². The Morgan fingerprint density at radius 1 is 1.00 bits per heavy atom. The molecule has 0 spiro atoms. The molecule has 2 aromatic rings. The molecule has 0 saturated carbocycles. The summed E-state index contributed by atoms with van der Waals surface area (Å²) in [5, 5.41) is 6.66. The SMILES string of the molecule is Cc1ccc(C2=NN(C(=O)CN3CCCCC3)[C@@H](c3ccccc3C)C2)c(C)c1. The first-order valence-electron chi connectivity index (χ1n) is 10.8. The average Bonchev–Trinajstić information content (AvgIpc) is 3.14. The number of benzene rings is 2. The van der Waals surface area contributed by atoms with E-state index in [0.717, 1.165) is 30.8 Å². The zero-order valence-corrected chi connectivity index (χ0v) is 17.8. The summed E-state index contributed by atoms with van der Waals surface area (Å²) in [4.78, 5) is 15.6. The quantitative estimate of drug-likeness (QED) is 0.755. The van der Waals surface area contributed by atoms with E-state index in [0.29, 0.717) is 6.54 Å². The lowest BCUT2D eigenvalue weighted by atomic mass is 9.93. The molecule has 1 amide bonds. The lowest BCUT2D eigenvalue weighted by Crippen LogP contribution is -2.40. The normalized spacial score (nSPS) is 20.0. The Bertz CT molecular complexity index is 927. The second-order valence-electron chi connectivity index (χ2n) is 8.52. The monoisotopic (exact) mass is 389 g/mol. The van der Waals surface area contributed by atoms with Crippen molar-refractivity contribution in [3.8, 4) is 0 Å². The third-order valence-corrected chi connectivity index (χ3v) is 6.21. The van der Waals surface area contributed by atoms with Gasteiger partial charge in [-0.05, 0) is 63.4 Å². The summed E-state index contributed by atoms with van der Waals surface area (Å²) < 4.78 is 0. The van der Waals surface area contributed by atoms with Crippen LogP contribution in [0.2, 0.25) is 0 Å². The maximum Gasteiger partial charge on any atom is 0.257 e. The molecule has 0 aromatic heterocycles. The minimum absolute atomic E-state index is 0.0239. The van der Waals surface area contributed by atoms with Crippen molar-refractivity contribution >= 4 is 11.6 Å². The molecule has 4 nitrogen and oxygen atoms in total. The van der Waals surface area contributed by atoms with E-state index in [2.05, 4.69) is 68.1 Å². The standard InChI is InChI=1S/C25H31N3O/c1-18-11-12-21(20(3)15-18)23-16-24(22-10-6-5-9-19(22)2)28(26-23)25(29)17-27-13-7-4-8-14-27/h5-6,9-12,15,24H,4,7-8,13-14,16-17H2,1-3H3/t24-/m1/s1. The lowest BCUT2D eigenvalue weighted by Gasteiger charge is -2.29. The number of nitrogens with zero attached hydrogens (tertiary/aromatic N) is 3. The molecular formula is C25H31N3O. The van der Waals surface area contributed by atoms with Gasteiger partial charge < -0.3 is 0 Å². The van der Waals surface area contributed by atoms with Crippen molar-refractivity contribution in [1.82, 2.24) is 9.91 Å². The third kappa shape index (κ3) is 4.27. The smallest absolute Gasteiger partial charge is 0.257 e. The van der Waals surface area contributed by atoms with Gasteiger partial charge in [-0.25, -0.2) is 5.01 Å². The van der Waals surface area contributed by atoms with Crippen LogP contribution in [-0.4, -0.2) is 41.2 Å². The molecule has 4 heteroatoms. The predicted molar refractivity (Wildman–Crippen MR) is 118 cm³/mol. The number of carbonyl (C=O) groups excluding carboxylic acids is 1. The van der Waals surface area contributed by atoms with Gasteiger partial charge in [0.2, 0.25) is 0 Å². The van der Waals surface area contributed by atoms with Crippen molar-refractivity contribution in [2.75, 3.05) is 19.6 Å². The maximum atomic E-state index is 13.3. The van der Waals surface area contributed by atoms with Crippen LogP contribution in [0, 0.1) is 20.8 Å². The topological polar surface area (TPSA) is 35.9 Å². The number of hydrogen-bond acceptors (Lipinski definition) is 3. The molecule has 1 atom stereocenters. The highest BCUT2D eigenvalue weighted by molar-refractivity contribution is 6.04. The van der Waals surface area contributed by atoms with Crippen LogP contribution in [0.25, 0.3) is 0 Å². The van der Waals surface area contributed by atoms with Gasteiger partial charge in [-0.1, -0.05) is 54.4 Å². The zero-order chi connectivity index (χ0) is 20.4. The molecular weight excluding hydrogens is 358 g/mol. The van der Waals surface area contributed by atoms with E-state index in [-0.39, 0.29) is 11.9 Å². The Labute approximate surface area is 174 Å². The van der Waals surface area contributed by atoms with Gasteiger partial charge in [-0.15, -0.1) is 0 Å². The second-order valence-corrected chi connectivity index (χ2v) is 8.52. The molecule has 0 bridgehead atoms. The number of piperidine rings is 1. The molecule has 2 aliphatic rings. The van der Waals surface area contributed by atoms with Crippen LogP contribution in [0.3, 0.4) is 0 Å². The highest BCUT2D eigenvalue weighted by atomic mass is 16.2. The largest absolute Gasteiger partial charge is 0.294 e. The van der Waals surface area contributed by atoms with Gasteiger partial charge in [0.15, 0.2) is 0 Å². The zero-order valence-electron chi connectivity index (χ0n) is 17.8. The number of hydrogen-bond donors (Lipinski definition) is 0. The van der Waals surface area contributed by atoms with Crippen LogP contribution >= 0.6 is 0 Å². The van der Waals surface area contributed by atoms with E-state index < -0.39 is 0 Å². The first-order valence-corrected chi connectivity index (χ1v) is 10.8. The van der Waals surface area contributed by atoms with E-state index in [9.17, 15) is 4.79 Å². The number of amides is 1. The van der Waals surface area contributed by atoms with E-state index in [1.54, 1.807) is 5.01 Å². The fourth-order valence-corrected chi connectivity index (χ4v) is 4.62. The van der Waals surface area contributed by atoms with Gasteiger partial charge in [-0.2, -0.15) is 5.10 Å². The molecule has 0 unspecified atom stereocenters. The molecule has 2 aromatic carbocycles. The van der Waals surface area contributed by atoms with Crippen molar-refractivity contribution in [2.24, 2.45) is 5.10 Å². The van der Waals surface area contributed by atoms with Gasteiger partial charge in [0, 0.05) is 12.0 Å². The summed E-state index contributed by atoms with van der Waals surface area (Å²) in [6.45, 7) is 8.86. The average molecular weight is 390 g/mol. The van der Waals surface area contributed by atoms with Gasteiger partial charge in [0.25, 0.3) is 5.91 Å². The van der Waals surface area contributed by atoms with Gasteiger partial charge in [0.1, 0.15) is 0 Å². The third-order valence-electron chi connectivity index (χ3n) is 6.21. The predicted octanol–water partition coefficient (Wildman–Crippen LogP) is 4.78. The molecule has 0 N–H and O–H groups in total. The Balaban J connectivity index is 1.65. The van der Waals surface area contributed by atoms with Crippen molar-refractivity contribution < 1.29 is 4.79 Å². The number of carbonyl (C=O) groups is 1. The fourth-order valence-electron chi connectivity index (χ4n) is 4.62. The first kappa shape index (κ1) is 19.8. The lowest BCUT2D eigenvalue weighted by molar-refractivity contribution is -0.134. The number of likely N-dealkylation sites (tertiary alicyclic amines) is 1. The van der Waals surface area contributed by atoms with Crippen molar-refractivity contribution in [3.63, 3.8) is 0 Å². The van der Waals surface area contributed by atoms with E-state index in [1.807, 2.05) is 0 Å². The first-order chi connectivity index (χ1) is 14.0. The molecule has 1 saturated heterocycles. The summed E-state index contributed by atoms with van der Waals surface area (Å²) >= 11 is 0. The van der Waals surface area contributed by atoms with Crippen molar-refractivity contribution in [3.05, 3.63) is 70.3 Å². The Hall–Kier alpha value is -2.46. The van der Waals surface area contributed by atoms with Crippen LogP contribution in [0.5, 0.6) is 0 Å². The van der Waals surface area contributed by atoms with E-state index in [4.69, 9.17) is 5.10 Å². The van der Waals surface area contributed by atoms with Crippen LogP contribution in [0.15, 0.2) is 47.6 Å². The van der Waals surface area contributed by atoms with Crippen molar-refractivity contribution in [1.29, 1.82) is 0 Å². The second kappa shape index (κ2) is 8.50. The summed E-state index contributed by atoms with van der Waals surface area (Å²) in [6.07, 6.45) is 4.41. The van der Waals surface area contributed by atoms with E-state index in [1.165, 1.54) is 41.5 Å². The molecule has 29 heavy (non-hydrogen) atoms. The number of hydrazone groups is 1. The van der Waals surface area contributed by atoms with E-state index >= 15 is 0 Å². The minimum Gasteiger partial charge on any atom is -0.294 e. The summed E-state index contributed by atoms with van der Waals surface area (Å²) in [5.74, 6) is 0.111. The van der Waals surface area contributed by atoms with Crippen LogP contribution in [-0.2, 0) is 4.79 Å². The highest BCUT2D eigenvalue weighted by Gasteiger charge is 2.34. The fraction of sp³-hybridized carbons (Fsp3) is 0.440. The van der Waals surface area contributed by atoms with Crippen LogP contribution in [0.1, 0.15) is 59.5 Å². The molecule has 2 aliphatic heterocycles. The molecule has 4 rings (SSSR count). The summed E-state index contributed by atoms with van der Waals surface area (Å²) in [6, 6.07) is 14.8. The summed E-state index contributed by atoms with van der Waals surface area (Å²) in [7, 11) is 0. The Kier molecular flexibility index (Phi) is 5.81. The Morgan fingerprint density at radius 3 is 2.48 bits per heavy atom. The molecule has 0 aliphatic carbocycles. The molecule has 0 radical (unpaired) electrons. The Morgan fingerprint density at radius 2 is 1.76 bits per heavy atom. The van der Waals surface area contributed by atoms with Crippen LogP contribution < -0.4 is 0 Å². The van der Waals surface area contributed by atoms with Crippen LogP contribution in [0.4, 0.5) is 0 Å². The van der Waals surface area contributed by atoms with Gasteiger partial charge >= 0.3 is 0 Å². The van der Waals surface area contributed by atoms with Gasteiger partial charge in [0.05, 0.1) is 18.3 Å². The molecule has 1 fully saturated rings. The maximum absolute atomic E-state index is 13.3. The minimum atomic E-state index is -0.0239. The highest BCUT2D eigenvalue weighted by Crippen LogP contribution is 2.35. The van der Waals surface area contributed by atoms with Gasteiger partial charge in [-0.3, -0.25) is 9.69 Å². The molecule has 2 heterocycles. The summed E-state index contributed by atoms with van der Waals surface area (Å²) in [5.41, 5.74) is 7.05. The number of rotatable bonds is 4. The number of aryl methyl sites for hydroxylation is 3.